The van der Waals surface area contributed by atoms with E-state index >= 15 is 0 Å². The highest BCUT2D eigenvalue weighted by atomic mass is 32.1. The van der Waals surface area contributed by atoms with Gasteiger partial charge in [-0.2, -0.15) is 0 Å². The first-order valence-electron chi connectivity index (χ1n) is 9.11. The molecule has 28 heavy (non-hydrogen) atoms. The Morgan fingerprint density at radius 3 is 2.64 bits per heavy atom. The highest BCUT2D eigenvalue weighted by Crippen LogP contribution is 2.20. The van der Waals surface area contributed by atoms with Crippen LogP contribution in [0, 0.1) is 5.92 Å². The highest BCUT2D eigenvalue weighted by molar-refractivity contribution is 7.13. The fraction of sp³-hybridized carbons (Fsp3) is 0.286. The average Bonchev–Trinajstić information content (AvgIpc) is 3.12. The molecule has 2 amide bonds. The molecule has 1 unspecified atom stereocenters. The van der Waals surface area contributed by atoms with Crippen molar-refractivity contribution in [2.45, 2.75) is 26.4 Å². The Morgan fingerprint density at radius 2 is 1.89 bits per heavy atom. The highest BCUT2D eigenvalue weighted by Gasteiger charge is 2.14. The monoisotopic (exact) mass is 397 g/mol. The molecular weight excluding hydrogens is 374 g/mol. The van der Waals surface area contributed by atoms with Crippen LogP contribution in [0.15, 0.2) is 47.8 Å². The van der Waals surface area contributed by atoms with E-state index in [0.717, 1.165) is 16.3 Å². The second-order valence-corrected chi connectivity index (χ2v) is 7.75. The predicted octanol–water partition coefficient (Wildman–Crippen LogP) is 3.28. The fourth-order valence-corrected chi connectivity index (χ4v) is 3.38. The van der Waals surface area contributed by atoms with E-state index in [1.54, 1.807) is 19.2 Å². The van der Waals surface area contributed by atoms with Crippen molar-refractivity contribution < 1.29 is 14.7 Å². The van der Waals surface area contributed by atoms with E-state index in [9.17, 15) is 14.7 Å². The summed E-state index contributed by atoms with van der Waals surface area (Å²) in [5.41, 5.74) is 1.34. The Morgan fingerprint density at radius 1 is 1.14 bits per heavy atom. The third-order valence-corrected chi connectivity index (χ3v) is 5.11. The zero-order valence-electron chi connectivity index (χ0n) is 15.8. The number of carbonyl (C=O) groups is 2. The Labute approximate surface area is 167 Å². The minimum atomic E-state index is -0.787. The molecule has 3 N–H and O–H groups in total. The SMILES string of the molecule is CC(C)C(=O)Nc1nc(CC(=O)NCC(O)c2ccc3ccccc3c2)cs1. The number of nitrogens with zero attached hydrogens (tertiary/aromatic N) is 1. The molecule has 1 heterocycles. The van der Waals surface area contributed by atoms with Gasteiger partial charge in [-0.25, -0.2) is 4.98 Å². The van der Waals surface area contributed by atoms with Crippen molar-refractivity contribution >= 4 is 39.1 Å². The van der Waals surface area contributed by atoms with Gasteiger partial charge in [-0.15, -0.1) is 11.3 Å². The number of aliphatic hydroxyl groups is 1. The zero-order valence-corrected chi connectivity index (χ0v) is 16.6. The molecule has 6 nitrogen and oxygen atoms in total. The van der Waals surface area contributed by atoms with E-state index in [1.807, 2.05) is 42.5 Å². The van der Waals surface area contributed by atoms with Crippen LogP contribution < -0.4 is 10.6 Å². The Balaban J connectivity index is 1.52. The lowest BCUT2D eigenvalue weighted by atomic mass is 10.0. The molecule has 1 aromatic heterocycles. The molecular formula is C21H23N3O3S. The summed E-state index contributed by atoms with van der Waals surface area (Å²) < 4.78 is 0. The normalized spacial score (nSPS) is 12.1. The zero-order chi connectivity index (χ0) is 20.1. The van der Waals surface area contributed by atoms with Crippen molar-refractivity contribution in [3.05, 3.63) is 59.1 Å². The topological polar surface area (TPSA) is 91.3 Å². The van der Waals surface area contributed by atoms with Gasteiger partial charge >= 0.3 is 0 Å². The predicted molar refractivity (Wildman–Crippen MR) is 111 cm³/mol. The molecule has 0 fully saturated rings. The molecule has 7 heteroatoms. The third-order valence-electron chi connectivity index (χ3n) is 4.30. The number of thiazole rings is 1. The number of fused-ring (bicyclic) bond motifs is 1. The van der Waals surface area contributed by atoms with Gasteiger partial charge in [0.2, 0.25) is 11.8 Å². The van der Waals surface area contributed by atoms with E-state index in [0.29, 0.717) is 10.8 Å². The van der Waals surface area contributed by atoms with Crippen LogP contribution in [0.2, 0.25) is 0 Å². The van der Waals surface area contributed by atoms with Gasteiger partial charge in [-0.1, -0.05) is 50.2 Å². The molecule has 0 aliphatic heterocycles. The van der Waals surface area contributed by atoms with Crippen LogP contribution in [0.3, 0.4) is 0 Å². The smallest absolute Gasteiger partial charge is 0.228 e. The minimum absolute atomic E-state index is 0.0957. The maximum Gasteiger partial charge on any atom is 0.228 e. The molecule has 0 bridgehead atoms. The van der Waals surface area contributed by atoms with Crippen LogP contribution in [0.4, 0.5) is 5.13 Å². The van der Waals surface area contributed by atoms with E-state index in [4.69, 9.17) is 0 Å². The number of anilines is 1. The quantitative estimate of drug-likeness (QED) is 0.571. The Kier molecular flexibility index (Phi) is 6.38. The van der Waals surface area contributed by atoms with Crippen LogP contribution >= 0.6 is 11.3 Å². The lowest BCUT2D eigenvalue weighted by molar-refractivity contribution is -0.121. The number of hydrogen-bond acceptors (Lipinski definition) is 5. The summed E-state index contributed by atoms with van der Waals surface area (Å²) in [5, 5.41) is 20.2. The fourth-order valence-electron chi connectivity index (χ4n) is 2.67. The summed E-state index contributed by atoms with van der Waals surface area (Å²) in [7, 11) is 0. The van der Waals surface area contributed by atoms with E-state index < -0.39 is 6.10 Å². The summed E-state index contributed by atoms with van der Waals surface area (Å²) in [6.45, 7) is 3.73. The minimum Gasteiger partial charge on any atom is -0.387 e. The van der Waals surface area contributed by atoms with Crippen molar-refractivity contribution in [2.75, 3.05) is 11.9 Å². The van der Waals surface area contributed by atoms with Gasteiger partial charge in [0, 0.05) is 17.8 Å². The molecule has 2 aromatic carbocycles. The maximum absolute atomic E-state index is 12.2. The number of rotatable bonds is 7. The molecule has 0 saturated carbocycles. The molecule has 0 spiro atoms. The third kappa shape index (κ3) is 5.15. The number of aliphatic hydroxyl groups excluding tert-OH is 1. The van der Waals surface area contributed by atoms with Gasteiger partial charge in [0.1, 0.15) is 0 Å². The first-order valence-corrected chi connectivity index (χ1v) is 9.99. The summed E-state index contributed by atoms with van der Waals surface area (Å²) in [5.74, 6) is -0.469. The first-order chi connectivity index (χ1) is 13.4. The van der Waals surface area contributed by atoms with Crippen molar-refractivity contribution in [2.24, 2.45) is 5.92 Å². The lowest BCUT2D eigenvalue weighted by Crippen LogP contribution is -2.29. The molecule has 0 aliphatic carbocycles. The van der Waals surface area contributed by atoms with Crippen LogP contribution in [-0.2, 0) is 16.0 Å². The van der Waals surface area contributed by atoms with Crippen molar-refractivity contribution in [1.29, 1.82) is 0 Å². The average molecular weight is 398 g/mol. The van der Waals surface area contributed by atoms with Crippen LogP contribution in [0.5, 0.6) is 0 Å². The standard InChI is InChI=1S/C21H23N3O3S/c1-13(2)20(27)24-21-23-17(12-28-21)10-19(26)22-11-18(25)16-8-7-14-5-3-4-6-15(14)9-16/h3-9,12-13,18,25H,10-11H2,1-2H3,(H,22,26)(H,23,24,27). The van der Waals surface area contributed by atoms with E-state index in [1.165, 1.54) is 11.3 Å². The number of amides is 2. The first kappa shape index (κ1) is 20.0. The van der Waals surface area contributed by atoms with Crippen LogP contribution in [0.25, 0.3) is 10.8 Å². The number of carbonyl (C=O) groups excluding carboxylic acids is 2. The van der Waals surface area contributed by atoms with Gasteiger partial charge in [-0.3, -0.25) is 9.59 Å². The second kappa shape index (κ2) is 8.95. The summed E-state index contributed by atoms with van der Waals surface area (Å²) in [4.78, 5) is 28.1. The van der Waals surface area contributed by atoms with Gasteiger partial charge < -0.3 is 15.7 Å². The second-order valence-electron chi connectivity index (χ2n) is 6.89. The largest absolute Gasteiger partial charge is 0.387 e. The van der Waals surface area contributed by atoms with Gasteiger partial charge in [-0.05, 0) is 22.4 Å². The molecule has 0 radical (unpaired) electrons. The Hall–Kier alpha value is -2.77. The summed E-state index contributed by atoms with van der Waals surface area (Å²) >= 11 is 1.29. The number of benzene rings is 2. The Bertz CT molecular complexity index is 984. The van der Waals surface area contributed by atoms with E-state index in [-0.39, 0.29) is 30.7 Å². The number of aromatic nitrogens is 1. The van der Waals surface area contributed by atoms with Crippen molar-refractivity contribution in [3.63, 3.8) is 0 Å². The molecule has 1 atom stereocenters. The molecule has 146 valence electrons. The molecule has 0 aliphatic rings. The number of nitrogens with one attached hydrogen (secondary N) is 2. The number of hydrogen-bond donors (Lipinski definition) is 3. The van der Waals surface area contributed by atoms with Crippen LogP contribution in [-0.4, -0.2) is 28.4 Å². The van der Waals surface area contributed by atoms with Gasteiger partial charge in [0.25, 0.3) is 0 Å². The molecule has 3 rings (SSSR count). The van der Waals surface area contributed by atoms with Crippen molar-refractivity contribution in [1.82, 2.24) is 10.3 Å². The van der Waals surface area contributed by atoms with Gasteiger partial charge in [0.15, 0.2) is 5.13 Å². The lowest BCUT2D eigenvalue weighted by Gasteiger charge is -2.13. The van der Waals surface area contributed by atoms with Gasteiger partial charge in [0.05, 0.1) is 18.2 Å². The maximum atomic E-state index is 12.2. The molecule has 3 aromatic rings. The van der Waals surface area contributed by atoms with E-state index in [2.05, 4.69) is 15.6 Å². The van der Waals surface area contributed by atoms with Crippen molar-refractivity contribution in [3.8, 4) is 0 Å². The van der Waals surface area contributed by atoms with Crippen LogP contribution in [0.1, 0.15) is 31.2 Å². The molecule has 0 saturated heterocycles. The summed E-state index contributed by atoms with van der Waals surface area (Å²) in [6.07, 6.45) is -0.691. The summed E-state index contributed by atoms with van der Waals surface area (Å²) in [6, 6.07) is 13.7.